The van der Waals surface area contributed by atoms with E-state index >= 15 is 0 Å². The summed E-state index contributed by atoms with van der Waals surface area (Å²) >= 11 is 0. The zero-order valence-corrected chi connectivity index (χ0v) is 15.3. The number of pyridine rings is 1. The normalized spacial score (nSPS) is 18.1. The summed E-state index contributed by atoms with van der Waals surface area (Å²) in [5.74, 6) is 0.438. The van der Waals surface area contributed by atoms with E-state index in [0.29, 0.717) is 22.7 Å². The zero-order valence-electron chi connectivity index (χ0n) is 15.3. The van der Waals surface area contributed by atoms with E-state index in [4.69, 9.17) is 15.2 Å². The number of amides is 2. The standard InChI is InChI=1S/C19H18N4O5/c1-10-19(26)23(18-15(28-10)5-6-16(20)21-18)8-13(24)11-3-4-14-12(7-11)22(2)17(25)9-27-14/h3-7,10H,8-9H2,1-2H3,(H2,20,21). The van der Waals surface area contributed by atoms with E-state index in [2.05, 4.69) is 4.98 Å². The number of nitrogens with zero attached hydrogens (tertiary/aromatic N) is 3. The van der Waals surface area contributed by atoms with E-state index in [1.165, 1.54) is 9.80 Å². The lowest BCUT2D eigenvalue weighted by Crippen LogP contribution is -2.47. The molecule has 4 rings (SSSR count). The number of ether oxygens (including phenoxy) is 2. The van der Waals surface area contributed by atoms with Crippen molar-refractivity contribution in [1.29, 1.82) is 0 Å². The summed E-state index contributed by atoms with van der Waals surface area (Å²) in [7, 11) is 1.62. The van der Waals surface area contributed by atoms with Gasteiger partial charge in [-0.25, -0.2) is 4.98 Å². The monoisotopic (exact) mass is 382 g/mol. The highest BCUT2D eigenvalue weighted by Crippen LogP contribution is 2.34. The lowest BCUT2D eigenvalue weighted by atomic mass is 10.1. The average molecular weight is 382 g/mol. The van der Waals surface area contributed by atoms with Crippen molar-refractivity contribution in [1.82, 2.24) is 4.98 Å². The molecule has 0 radical (unpaired) electrons. The number of nitrogen functional groups attached to an aromatic ring is 1. The van der Waals surface area contributed by atoms with E-state index in [0.717, 1.165) is 0 Å². The van der Waals surface area contributed by atoms with Gasteiger partial charge in [-0.2, -0.15) is 0 Å². The first-order chi connectivity index (χ1) is 13.3. The van der Waals surface area contributed by atoms with E-state index in [1.807, 2.05) is 0 Å². The number of Topliss-reactive ketones (excluding diaryl/α,β-unsaturated/α-hetero) is 1. The first kappa shape index (κ1) is 17.8. The van der Waals surface area contributed by atoms with Gasteiger partial charge in [0.15, 0.2) is 30.1 Å². The number of nitrogens with two attached hydrogens (primary N) is 1. The van der Waals surface area contributed by atoms with Crippen molar-refractivity contribution in [2.75, 3.05) is 35.7 Å². The van der Waals surface area contributed by atoms with Gasteiger partial charge >= 0.3 is 0 Å². The minimum Gasteiger partial charge on any atom is -0.482 e. The number of rotatable bonds is 3. The maximum atomic E-state index is 12.9. The summed E-state index contributed by atoms with van der Waals surface area (Å²) in [4.78, 5) is 44.2. The van der Waals surface area contributed by atoms with Crippen LogP contribution < -0.4 is 25.0 Å². The molecule has 3 heterocycles. The van der Waals surface area contributed by atoms with Gasteiger partial charge in [-0.3, -0.25) is 19.3 Å². The van der Waals surface area contributed by atoms with Gasteiger partial charge in [0.05, 0.1) is 12.2 Å². The molecule has 2 amide bonds. The molecule has 0 aliphatic carbocycles. The van der Waals surface area contributed by atoms with Crippen molar-refractivity contribution in [3.05, 3.63) is 35.9 Å². The van der Waals surface area contributed by atoms with E-state index in [1.54, 1.807) is 44.3 Å². The van der Waals surface area contributed by atoms with Gasteiger partial charge in [0, 0.05) is 12.6 Å². The van der Waals surface area contributed by atoms with E-state index in [-0.39, 0.29) is 42.4 Å². The predicted octanol–water partition coefficient (Wildman–Crippen LogP) is 1.02. The fourth-order valence-electron chi connectivity index (χ4n) is 3.13. The van der Waals surface area contributed by atoms with Gasteiger partial charge in [-0.05, 0) is 37.3 Å². The minimum absolute atomic E-state index is 0.0408. The van der Waals surface area contributed by atoms with Crippen LogP contribution in [0.3, 0.4) is 0 Å². The quantitative estimate of drug-likeness (QED) is 0.788. The van der Waals surface area contributed by atoms with Crippen LogP contribution in [0.1, 0.15) is 17.3 Å². The third-order valence-electron chi connectivity index (χ3n) is 4.70. The highest BCUT2D eigenvalue weighted by molar-refractivity contribution is 6.08. The predicted molar refractivity (Wildman–Crippen MR) is 101 cm³/mol. The Labute approximate surface area is 160 Å². The number of benzene rings is 1. The smallest absolute Gasteiger partial charge is 0.269 e. The average Bonchev–Trinajstić information content (AvgIpc) is 2.68. The van der Waals surface area contributed by atoms with Crippen LogP contribution in [0.5, 0.6) is 11.5 Å². The molecule has 2 N–H and O–H groups in total. The Morgan fingerprint density at radius 3 is 2.79 bits per heavy atom. The van der Waals surface area contributed by atoms with Gasteiger partial charge in [0.25, 0.3) is 11.8 Å². The van der Waals surface area contributed by atoms with Crippen molar-refractivity contribution in [3.63, 3.8) is 0 Å². The molecule has 2 aliphatic rings. The number of hydrogen-bond donors (Lipinski definition) is 1. The Morgan fingerprint density at radius 2 is 2.00 bits per heavy atom. The number of ketones is 1. The van der Waals surface area contributed by atoms with Crippen molar-refractivity contribution in [3.8, 4) is 11.5 Å². The largest absolute Gasteiger partial charge is 0.482 e. The van der Waals surface area contributed by atoms with E-state index in [9.17, 15) is 14.4 Å². The van der Waals surface area contributed by atoms with Crippen LogP contribution in [0.4, 0.5) is 17.3 Å². The summed E-state index contributed by atoms with van der Waals surface area (Å²) in [6.07, 6.45) is -0.744. The zero-order chi connectivity index (χ0) is 20.0. The molecule has 9 heteroatoms. The maximum absolute atomic E-state index is 12.9. The summed E-state index contributed by atoms with van der Waals surface area (Å²) in [6.45, 7) is 1.34. The van der Waals surface area contributed by atoms with Gasteiger partial charge in [0.2, 0.25) is 0 Å². The second-order valence-electron chi connectivity index (χ2n) is 6.59. The Kier molecular flexibility index (Phi) is 4.14. The number of likely N-dealkylation sites (N-methyl/N-ethyl adjacent to an activating group) is 1. The van der Waals surface area contributed by atoms with Crippen LogP contribution in [-0.2, 0) is 9.59 Å². The number of carbonyl (C=O) groups excluding carboxylic acids is 3. The second kappa shape index (κ2) is 6.52. The molecule has 144 valence electrons. The maximum Gasteiger partial charge on any atom is 0.269 e. The lowest BCUT2D eigenvalue weighted by Gasteiger charge is -2.31. The molecule has 1 aromatic carbocycles. The molecule has 9 nitrogen and oxygen atoms in total. The van der Waals surface area contributed by atoms with Crippen molar-refractivity contribution >= 4 is 34.9 Å². The van der Waals surface area contributed by atoms with E-state index < -0.39 is 6.10 Å². The fraction of sp³-hybridized carbons (Fsp3) is 0.263. The molecule has 0 fully saturated rings. The number of aromatic nitrogens is 1. The molecule has 0 spiro atoms. The number of fused-ring (bicyclic) bond motifs is 2. The third kappa shape index (κ3) is 2.90. The summed E-state index contributed by atoms with van der Waals surface area (Å²) in [5, 5.41) is 0. The molecule has 2 aromatic rings. The Bertz CT molecular complexity index is 1010. The molecule has 1 atom stereocenters. The molecule has 0 saturated heterocycles. The number of hydrogen-bond acceptors (Lipinski definition) is 7. The molecule has 0 saturated carbocycles. The highest BCUT2D eigenvalue weighted by Gasteiger charge is 2.34. The number of anilines is 3. The minimum atomic E-state index is -0.744. The SMILES string of the molecule is CC1Oc2ccc(N)nc2N(CC(=O)c2ccc3c(c2)N(C)C(=O)CO3)C1=O. The van der Waals surface area contributed by atoms with Gasteiger partial charge in [0.1, 0.15) is 11.6 Å². The van der Waals surface area contributed by atoms with Crippen LogP contribution in [0.25, 0.3) is 0 Å². The van der Waals surface area contributed by atoms with Crippen molar-refractivity contribution < 1.29 is 23.9 Å². The topological polar surface area (TPSA) is 115 Å². The summed E-state index contributed by atoms with van der Waals surface area (Å²) in [6, 6.07) is 8.01. The van der Waals surface area contributed by atoms with Crippen molar-refractivity contribution in [2.24, 2.45) is 0 Å². The van der Waals surface area contributed by atoms with Gasteiger partial charge < -0.3 is 20.1 Å². The van der Waals surface area contributed by atoms with Crippen LogP contribution in [-0.4, -0.2) is 48.9 Å². The van der Waals surface area contributed by atoms with Crippen LogP contribution in [0, 0.1) is 0 Å². The second-order valence-corrected chi connectivity index (χ2v) is 6.59. The molecule has 1 aromatic heterocycles. The van der Waals surface area contributed by atoms with Crippen LogP contribution >= 0.6 is 0 Å². The fourth-order valence-corrected chi connectivity index (χ4v) is 3.13. The van der Waals surface area contributed by atoms with Crippen LogP contribution in [0.15, 0.2) is 30.3 Å². The molecule has 2 aliphatic heterocycles. The first-order valence-electron chi connectivity index (χ1n) is 8.66. The molecule has 1 unspecified atom stereocenters. The third-order valence-corrected chi connectivity index (χ3v) is 4.70. The summed E-state index contributed by atoms with van der Waals surface area (Å²) in [5.41, 5.74) is 6.58. The first-order valence-corrected chi connectivity index (χ1v) is 8.66. The van der Waals surface area contributed by atoms with Crippen LogP contribution in [0.2, 0.25) is 0 Å². The lowest BCUT2D eigenvalue weighted by molar-refractivity contribution is -0.125. The Morgan fingerprint density at radius 1 is 1.25 bits per heavy atom. The number of carbonyl (C=O) groups is 3. The summed E-state index contributed by atoms with van der Waals surface area (Å²) < 4.78 is 10.9. The highest BCUT2D eigenvalue weighted by atomic mass is 16.5. The molecule has 0 bridgehead atoms. The Balaban J connectivity index is 1.65. The Hall–Kier alpha value is -3.62. The van der Waals surface area contributed by atoms with Crippen molar-refractivity contribution in [2.45, 2.75) is 13.0 Å². The van der Waals surface area contributed by atoms with Gasteiger partial charge in [-0.15, -0.1) is 0 Å². The van der Waals surface area contributed by atoms with Gasteiger partial charge in [-0.1, -0.05) is 0 Å². The molecule has 28 heavy (non-hydrogen) atoms. The molecular weight excluding hydrogens is 364 g/mol. The molecular formula is C19H18N4O5.